The summed E-state index contributed by atoms with van der Waals surface area (Å²) < 4.78 is 0. The quantitative estimate of drug-likeness (QED) is 0.591. The number of nitrogens with two attached hydrogens (primary N) is 1. The molecule has 2 heterocycles. The smallest absolute Gasteiger partial charge is 0.241 e. The van der Waals surface area contributed by atoms with Crippen LogP contribution in [-0.4, -0.2) is 45.8 Å². The summed E-state index contributed by atoms with van der Waals surface area (Å²) in [4.78, 5) is 9.19. The monoisotopic (exact) mass is 424 g/mol. The van der Waals surface area contributed by atoms with Crippen LogP contribution in [0.15, 0.2) is 54.6 Å². The molecule has 1 fully saturated rings. The molecular formula is C23H29ClN6. The van der Waals surface area contributed by atoms with E-state index in [4.69, 9.17) is 17.3 Å². The van der Waals surface area contributed by atoms with Crippen molar-refractivity contribution >= 4 is 23.5 Å². The molecule has 158 valence electrons. The highest BCUT2D eigenvalue weighted by atomic mass is 35.5. The van der Waals surface area contributed by atoms with Gasteiger partial charge in [-0.3, -0.25) is 4.90 Å². The van der Waals surface area contributed by atoms with Crippen LogP contribution >= 0.6 is 11.6 Å². The van der Waals surface area contributed by atoms with Gasteiger partial charge in [0.15, 0.2) is 0 Å². The summed E-state index contributed by atoms with van der Waals surface area (Å²) in [6.45, 7) is 5.22. The zero-order valence-electron chi connectivity index (χ0n) is 17.3. The van der Waals surface area contributed by atoms with Crippen molar-refractivity contribution in [2.75, 3.05) is 30.3 Å². The van der Waals surface area contributed by atoms with Crippen LogP contribution in [-0.2, 0) is 6.42 Å². The van der Waals surface area contributed by atoms with Crippen LogP contribution in [0.25, 0.3) is 0 Å². The molecule has 1 aromatic heterocycles. The van der Waals surface area contributed by atoms with Crippen molar-refractivity contribution in [3.05, 3.63) is 70.7 Å². The van der Waals surface area contributed by atoms with Gasteiger partial charge in [0.2, 0.25) is 11.9 Å². The molecule has 0 radical (unpaired) electrons. The van der Waals surface area contributed by atoms with E-state index in [-0.39, 0.29) is 0 Å². The summed E-state index contributed by atoms with van der Waals surface area (Å²) in [6, 6.07) is 19.9. The topological polar surface area (TPSA) is 74.1 Å². The van der Waals surface area contributed by atoms with Gasteiger partial charge in [-0.05, 0) is 49.4 Å². The minimum atomic E-state index is 0.300. The molecule has 3 N–H and O–H groups in total. The molecule has 0 bridgehead atoms. The highest BCUT2D eigenvalue weighted by Crippen LogP contribution is 2.29. The molecule has 1 atom stereocenters. The number of benzene rings is 2. The lowest BCUT2D eigenvalue weighted by Crippen LogP contribution is -2.46. The number of nitrogen functional groups attached to an aromatic ring is 1. The number of aromatic amines is 1. The van der Waals surface area contributed by atoms with Gasteiger partial charge < -0.3 is 10.6 Å². The van der Waals surface area contributed by atoms with Crippen LogP contribution in [0.2, 0.25) is 5.02 Å². The molecule has 4 rings (SSSR count). The standard InChI is InChI=1S/C23H29ClN6/c1-17(19-5-3-2-4-6-19)30(16-11-18-7-9-20(24)10-8-18)21-12-14-29(15-13-21)23-26-22(25)27-28-23/h2-10,17,21H,11-16H2,1H3,(H3,25,26,27,28)/t17-/m0/s1. The van der Waals surface area contributed by atoms with Gasteiger partial charge in [0, 0.05) is 36.7 Å². The van der Waals surface area contributed by atoms with Crippen LogP contribution in [0, 0.1) is 0 Å². The summed E-state index contributed by atoms with van der Waals surface area (Å²) in [5.41, 5.74) is 8.35. The van der Waals surface area contributed by atoms with E-state index in [2.05, 4.69) is 74.4 Å². The minimum absolute atomic E-state index is 0.300. The summed E-state index contributed by atoms with van der Waals surface area (Å²) in [6.07, 6.45) is 3.17. The molecule has 1 saturated heterocycles. The van der Waals surface area contributed by atoms with E-state index in [0.29, 0.717) is 18.0 Å². The molecule has 2 aromatic carbocycles. The Kier molecular flexibility index (Phi) is 6.55. The van der Waals surface area contributed by atoms with Gasteiger partial charge in [0.1, 0.15) is 0 Å². The van der Waals surface area contributed by atoms with Gasteiger partial charge in [0.05, 0.1) is 0 Å². The van der Waals surface area contributed by atoms with E-state index in [1.807, 2.05) is 12.1 Å². The number of piperidine rings is 1. The summed E-state index contributed by atoms with van der Waals surface area (Å²) in [5, 5.41) is 7.68. The molecule has 0 unspecified atom stereocenters. The molecule has 0 saturated carbocycles. The van der Waals surface area contributed by atoms with Crippen LogP contribution in [0.3, 0.4) is 0 Å². The SMILES string of the molecule is C[C@@H](c1ccccc1)N(CCc1ccc(Cl)cc1)C1CCN(c2nc(N)n[nH]2)CC1. The fourth-order valence-corrected chi connectivity index (χ4v) is 4.47. The van der Waals surface area contributed by atoms with E-state index < -0.39 is 0 Å². The van der Waals surface area contributed by atoms with Crippen molar-refractivity contribution in [1.82, 2.24) is 20.1 Å². The Morgan fingerprint density at radius 3 is 2.47 bits per heavy atom. The Morgan fingerprint density at radius 2 is 1.83 bits per heavy atom. The maximum atomic E-state index is 6.06. The Morgan fingerprint density at radius 1 is 1.13 bits per heavy atom. The first kappa shape index (κ1) is 20.7. The number of anilines is 2. The summed E-state index contributed by atoms with van der Waals surface area (Å²) >= 11 is 6.06. The van der Waals surface area contributed by atoms with Gasteiger partial charge in [-0.2, -0.15) is 4.98 Å². The van der Waals surface area contributed by atoms with E-state index in [1.54, 1.807) is 0 Å². The normalized spacial score (nSPS) is 16.2. The molecule has 6 nitrogen and oxygen atoms in total. The lowest BCUT2D eigenvalue weighted by atomic mass is 9.97. The number of halogens is 1. The fourth-order valence-electron chi connectivity index (χ4n) is 4.34. The summed E-state index contributed by atoms with van der Waals surface area (Å²) in [5.74, 6) is 1.07. The second kappa shape index (κ2) is 9.49. The third-order valence-electron chi connectivity index (χ3n) is 6.08. The van der Waals surface area contributed by atoms with Gasteiger partial charge in [0.25, 0.3) is 0 Å². The molecule has 7 heteroatoms. The number of aromatic nitrogens is 3. The first-order chi connectivity index (χ1) is 14.6. The molecule has 0 spiro atoms. The predicted molar refractivity (Wildman–Crippen MR) is 123 cm³/mol. The number of H-pyrrole nitrogens is 1. The van der Waals surface area contributed by atoms with Gasteiger partial charge in [-0.25, -0.2) is 5.10 Å². The number of nitrogens with one attached hydrogen (secondary N) is 1. The average molecular weight is 425 g/mol. The van der Waals surface area contributed by atoms with Crippen molar-refractivity contribution in [3.8, 4) is 0 Å². The third-order valence-corrected chi connectivity index (χ3v) is 6.33. The third kappa shape index (κ3) is 4.94. The predicted octanol–water partition coefficient (Wildman–Crippen LogP) is 4.32. The van der Waals surface area contributed by atoms with Crippen LogP contribution in [0.1, 0.15) is 36.9 Å². The lowest BCUT2D eigenvalue weighted by molar-refractivity contribution is 0.123. The zero-order valence-corrected chi connectivity index (χ0v) is 18.1. The number of hydrogen-bond acceptors (Lipinski definition) is 5. The van der Waals surface area contributed by atoms with Crippen molar-refractivity contribution in [3.63, 3.8) is 0 Å². The van der Waals surface area contributed by atoms with Crippen molar-refractivity contribution < 1.29 is 0 Å². The summed E-state index contributed by atoms with van der Waals surface area (Å²) in [7, 11) is 0. The van der Waals surface area contributed by atoms with Crippen LogP contribution in [0.5, 0.6) is 0 Å². The highest BCUT2D eigenvalue weighted by Gasteiger charge is 2.29. The number of hydrogen-bond donors (Lipinski definition) is 2. The van der Waals surface area contributed by atoms with Crippen molar-refractivity contribution in [2.24, 2.45) is 0 Å². The molecule has 0 aliphatic carbocycles. The Labute approximate surface area is 183 Å². The second-order valence-corrected chi connectivity index (χ2v) is 8.37. The maximum absolute atomic E-state index is 6.06. The van der Waals surface area contributed by atoms with Gasteiger partial charge in [-0.15, -0.1) is 5.10 Å². The molecule has 3 aromatic rings. The van der Waals surface area contributed by atoms with Crippen molar-refractivity contribution in [2.45, 2.75) is 38.3 Å². The first-order valence-corrected chi connectivity index (χ1v) is 11.0. The largest absolute Gasteiger partial charge is 0.366 e. The highest BCUT2D eigenvalue weighted by molar-refractivity contribution is 6.30. The van der Waals surface area contributed by atoms with E-state index >= 15 is 0 Å². The minimum Gasteiger partial charge on any atom is -0.366 e. The van der Waals surface area contributed by atoms with Crippen LogP contribution < -0.4 is 10.6 Å². The number of rotatable bonds is 7. The van der Waals surface area contributed by atoms with Gasteiger partial charge in [-0.1, -0.05) is 54.1 Å². The Balaban J connectivity index is 1.46. The van der Waals surface area contributed by atoms with Crippen molar-refractivity contribution in [1.29, 1.82) is 0 Å². The van der Waals surface area contributed by atoms with E-state index in [0.717, 1.165) is 49.9 Å². The van der Waals surface area contributed by atoms with Crippen LogP contribution in [0.4, 0.5) is 11.9 Å². The molecule has 0 amide bonds. The Bertz CT molecular complexity index is 918. The van der Waals surface area contributed by atoms with Gasteiger partial charge >= 0.3 is 0 Å². The second-order valence-electron chi connectivity index (χ2n) is 7.94. The first-order valence-electron chi connectivity index (χ1n) is 10.6. The Hall–Kier alpha value is -2.57. The maximum Gasteiger partial charge on any atom is 0.241 e. The molecule has 1 aliphatic rings. The zero-order chi connectivity index (χ0) is 20.9. The molecule has 30 heavy (non-hydrogen) atoms. The molecular weight excluding hydrogens is 396 g/mol. The number of nitrogens with zero attached hydrogens (tertiary/aromatic N) is 4. The average Bonchev–Trinajstić information content (AvgIpc) is 3.22. The fraction of sp³-hybridized carbons (Fsp3) is 0.391. The lowest BCUT2D eigenvalue weighted by Gasteiger charge is -2.41. The van der Waals surface area contributed by atoms with E-state index in [1.165, 1.54) is 11.1 Å². The van der Waals surface area contributed by atoms with E-state index in [9.17, 15) is 0 Å². The molecule has 1 aliphatic heterocycles.